The lowest BCUT2D eigenvalue weighted by molar-refractivity contribution is 0.355. The topological polar surface area (TPSA) is 65.7 Å². The maximum absolute atomic E-state index is 12.6. The van der Waals surface area contributed by atoms with Crippen LogP contribution in [-0.2, 0) is 0 Å². The van der Waals surface area contributed by atoms with Gasteiger partial charge in [0, 0.05) is 5.56 Å². The molecule has 0 fully saturated rings. The number of aromatic nitrogens is 3. The first-order valence-electron chi connectivity index (χ1n) is 8.55. The number of thiazole rings is 1. The number of nitrogens with zero attached hydrogens (tertiary/aromatic N) is 3. The highest BCUT2D eigenvalue weighted by Crippen LogP contribution is 2.31. The van der Waals surface area contributed by atoms with E-state index in [9.17, 15) is 4.79 Å². The first kappa shape index (κ1) is 17.9. The van der Waals surface area contributed by atoms with Crippen LogP contribution in [0.4, 0.5) is 0 Å². The number of rotatable bonds is 5. The molecule has 2 heterocycles. The minimum absolute atomic E-state index is 0.183. The molecule has 2 aromatic carbocycles. The molecule has 0 bridgehead atoms. The molecule has 0 saturated heterocycles. The first-order valence-corrected chi connectivity index (χ1v) is 9.36. The average Bonchev–Trinajstić information content (AvgIpc) is 3.28. The van der Waals surface area contributed by atoms with Crippen molar-refractivity contribution in [3.05, 3.63) is 75.1 Å². The Kier molecular flexibility index (Phi) is 4.90. The molecule has 0 spiro atoms. The highest BCUT2D eigenvalue weighted by Gasteiger charge is 2.13. The van der Waals surface area contributed by atoms with Crippen LogP contribution in [0.2, 0.25) is 0 Å². The molecule has 0 radical (unpaired) electrons. The third-order valence-electron chi connectivity index (χ3n) is 4.16. The maximum Gasteiger partial charge on any atom is 0.291 e. The van der Waals surface area contributed by atoms with Gasteiger partial charge in [-0.3, -0.25) is 4.79 Å². The van der Waals surface area contributed by atoms with Crippen molar-refractivity contribution in [2.24, 2.45) is 0 Å². The van der Waals surface area contributed by atoms with Crippen molar-refractivity contribution in [2.75, 3.05) is 14.2 Å². The van der Waals surface area contributed by atoms with Crippen molar-refractivity contribution >= 4 is 28.4 Å². The maximum atomic E-state index is 12.6. The fourth-order valence-electron chi connectivity index (χ4n) is 2.76. The van der Waals surface area contributed by atoms with E-state index in [0.717, 1.165) is 11.1 Å². The van der Waals surface area contributed by atoms with Crippen LogP contribution in [0, 0.1) is 0 Å². The highest BCUT2D eigenvalue weighted by molar-refractivity contribution is 7.15. The summed E-state index contributed by atoms with van der Waals surface area (Å²) < 4.78 is 12.5. The van der Waals surface area contributed by atoms with E-state index in [0.29, 0.717) is 26.8 Å². The number of hydrogen-bond donors (Lipinski definition) is 0. The van der Waals surface area contributed by atoms with Gasteiger partial charge in [0.2, 0.25) is 4.96 Å². The number of benzene rings is 2. The summed E-state index contributed by atoms with van der Waals surface area (Å²) in [5, 5.41) is 4.36. The van der Waals surface area contributed by atoms with Gasteiger partial charge >= 0.3 is 0 Å². The zero-order valence-electron chi connectivity index (χ0n) is 15.3. The third-order valence-corrected chi connectivity index (χ3v) is 5.14. The number of allylic oxidation sites excluding steroid dienone is 1. The molecule has 2 aromatic heterocycles. The predicted octanol–water partition coefficient (Wildman–Crippen LogP) is 3.05. The molecule has 7 heteroatoms. The molecule has 0 aliphatic heterocycles. The largest absolute Gasteiger partial charge is 0.493 e. The Labute approximate surface area is 165 Å². The van der Waals surface area contributed by atoms with Gasteiger partial charge < -0.3 is 9.47 Å². The lowest BCUT2D eigenvalue weighted by Crippen LogP contribution is -2.23. The van der Waals surface area contributed by atoms with Crippen LogP contribution in [0.25, 0.3) is 28.5 Å². The van der Waals surface area contributed by atoms with Crippen molar-refractivity contribution in [3.63, 3.8) is 0 Å². The van der Waals surface area contributed by atoms with Crippen LogP contribution in [0.1, 0.15) is 5.56 Å². The third kappa shape index (κ3) is 3.39. The van der Waals surface area contributed by atoms with Crippen LogP contribution in [0.3, 0.4) is 0 Å². The second kappa shape index (κ2) is 7.66. The Morgan fingerprint density at radius 1 is 1.04 bits per heavy atom. The second-order valence-electron chi connectivity index (χ2n) is 5.91. The standard InChI is InChI=1S/C21H17N3O3S/c1-26-16-12-11-15(13-17(16)27-2)19-22-21-24(23-19)20(25)18(28-21)10-6-9-14-7-4-3-5-8-14/h3-13H,1-2H3/b9-6-,18-10-. The van der Waals surface area contributed by atoms with E-state index in [1.54, 1.807) is 32.4 Å². The lowest BCUT2D eigenvalue weighted by Gasteiger charge is -2.07. The van der Waals surface area contributed by atoms with Gasteiger partial charge in [-0.25, -0.2) is 0 Å². The van der Waals surface area contributed by atoms with Gasteiger partial charge in [0.15, 0.2) is 17.3 Å². The number of fused-ring (bicyclic) bond motifs is 1. The van der Waals surface area contributed by atoms with E-state index in [4.69, 9.17) is 9.47 Å². The SMILES string of the molecule is COc1ccc(-c2nc3s/c(=C\C=C/c4ccccc4)c(=O)n3n2)cc1OC. The number of hydrogen-bond acceptors (Lipinski definition) is 6. The minimum atomic E-state index is -0.183. The van der Waals surface area contributed by atoms with Gasteiger partial charge in [0.1, 0.15) is 0 Å². The van der Waals surface area contributed by atoms with Gasteiger partial charge in [0.25, 0.3) is 5.56 Å². The van der Waals surface area contributed by atoms with Crippen LogP contribution in [0.15, 0.2) is 59.4 Å². The molecular formula is C21H17N3O3S. The van der Waals surface area contributed by atoms with Gasteiger partial charge in [-0.15, -0.1) is 5.10 Å². The number of ether oxygens (including phenoxy) is 2. The molecule has 0 N–H and O–H groups in total. The average molecular weight is 391 g/mol. The smallest absolute Gasteiger partial charge is 0.291 e. The summed E-state index contributed by atoms with van der Waals surface area (Å²) in [5.74, 6) is 1.68. The van der Waals surface area contributed by atoms with Crippen molar-refractivity contribution in [1.82, 2.24) is 14.6 Å². The molecule has 0 amide bonds. The summed E-state index contributed by atoms with van der Waals surface area (Å²) in [6.45, 7) is 0. The van der Waals surface area contributed by atoms with Crippen molar-refractivity contribution in [1.29, 1.82) is 0 Å². The van der Waals surface area contributed by atoms with Gasteiger partial charge in [-0.05, 0) is 29.8 Å². The number of methoxy groups -OCH3 is 2. The van der Waals surface area contributed by atoms with Gasteiger partial charge in [-0.1, -0.05) is 53.8 Å². The zero-order chi connectivity index (χ0) is 19.5. The molecule has 0 aliphatic carbocycles. The Bertz CT molecular complexity index is 1260. The lowest BCUT2D eigenvalue weighted by atomic mass is 10.2. The Hall–Kier alpha value is -3.45. The van der Waals surface area contributed by atoms with E-state index < -0.39 is 0 Å². The molecule has 4 rings (SSSR count). The highest BCUT2D eigenvalue weighted by atomic mass is 32.1. The Morgan fingerprint density at radius 2 is 1.82 bits per heavy atom. The molecule has 6 nitrogen and oxygen atoms in total. The van der Waals surface area contributed by atoms with E-state index in [2.05, 4.69) is 10.1 Å². The molecular weight excluding hydrogens is 374 g/mol. The summed E-state index contributed by atoms with van der Waals surface area (Å²) in [4.78, 5) is 17.6. The van der Waals surface area contributed by atoms with Crippen LogP contribution in [-0.4, -0.2) is 28.8 Å². The van der Waals surface area contributed by atoms with E-state index in [-0.39, 0.29) is 5.56 Å². The summed E-state index contributed by atoms with van der Waals surface area (Å²) in [6, 6.07) is 15.3. The van der Waals surface area contributed by atoms with E-state index in [1.165, 1.54) is 15.9 Å². The second-order valence-corrected chi connectivity index (χ2v) is 6.92. The Morgan fingerprint density at radius 3 is 2.54 bits per heavy atom. The van der Waals surface area contributed by atoms with Crippen LogP contribution in [0.5, 0.6) is 11.5 Å². The van der Waals surface area contributed by atoms with Crippen LogP contribution >= 0.6 is 11.3 Å². The fourth-order valence-corrected chi connectivity index (χ4v) is 3.62. The van der Waals surface area contributed by atoms with Gasteiger partial charge in [-0.2, -0.15) is 9.50 Å². The van der Waals surface area contributed by atoms with E-state index >= 15 is 0 Å². The normalized spacial score (nSPS) is 12.1. The summed E-state index contributed by atoms with van der Waals surface area (Å²) in [5.41, 5.74) is 1.64. The molecule has 28 heavy (non-hydrogen) atoms. The first-order chi connectivity index (χ1) is 13.7. The van der Waals surface area contributed by atoms with Crippen LogP contribution < -0.4 is 19.6 Å². The van der Waals surface area contributed by atoms with Crippen molar-refractivity contribution in [2.45, 2.75) is 0 Å². The molecule has 140 valence electrons. The van der Waals surface area contributed by atoms with Gasteiger partial charge in [0.05, 0.1) is 18.8 Å². The molecule has 0 aliphatic rings. The molecule has 4 aromatic rings. The zero-order valence-corrected chi connectivity index (χ0v) is 16.1. The minimum Gasteiger partial charge on any atom is -0.493 e. The van der Waals surface area contributed by atoms with Crippen molar-refractivity contribution < 1.29 is 9.47 Å². The summed E-state index contributed by atoms with van der Waals surface area (Å²) in [7, 11) is 3.15. The van der Waals surface area contributed by atoms with E-state index in [1.807, 2.05) is 48.6 Å². The molecule has 0 atom stereocenters. The monoisotopic (exact) mass is 391 g/mol. The summed E-state index contributed by atoms with van der Waals surface area (Å²) >= 11 is 1.31. The fraction of sp³-hybridized carbons (Fsp3) is 0.0952. The summed E-state index contributed by atoms with van der Waals surface area (Å²) in [6.07, 6.45) is 5.59. The predicted molar refractivity (Wildman–Crippen MR) is 111 cm³/mol. The Balaban J connectivity index is 1.68. The molecule has 0 saturated carbocycles. The quantitative estimate of drug-likeness (QED) is 0.523. The van der Waals surface area contributed by atoms with Crippen molar-refractivity contribution in [3.8, 4) is 22.9 Å². The molecule has 0 unspecified atom stereocenters.